The van der Waals surface area contributed by atoms with Crippen molar-refractivity contribution in [2.24, 2.45) is 0 Å². The number of aliphatic carboxylic acids is 1. The first kappa shape index (κ1) is 15.6. The van der Waals surface area contributed by atoms with Crippen molar-refractivity contribution < 1.29 is 14.7 Å². The molecule has 0 aliphatic carbocycles. The maximum atomic E-state index is 11.8. The van der Waals surface area contributed by atoms with Crippen LogP contribution in [0.2, 0.25) is 0 Å². The van der Waals surface area contributed by atoms with E-state index in [1.54, 1.807) is 7.05 Å². The quantitative estimate of drug-likeness (QED) is 0.837. The van der Waals surface area contributed by atoms with E-state index in [0.29, 0.717) is 0 Å². The summed E-state index contributed by atoms with van der Waals surface area (Å²) in [6.07, 6.45) is 0. The number of hydrogen-bond acceptors (Lipinski definition) is 3. The van der Waals surface area contributed by atoms with Gasteiger partial charge < -0.3 is 10.4 Å². The number of carbonyl (C=O) groups is 2. The third kappa shape index (κ3) is 5.46. The molecule has 0 radical (unpaired) electrons. The highest BCUT2D eigenvalue weighted by Crippen LogP contribution is 2.08. The highest BCUT2D eigenvalue weighted by atomic mass is 16.4. The molecule has 0 fully saturated rings. The Balaban J connectivity index is 0.000000286. The van der Waals surface area contributed by atoms with E-state index >= 15 is 0 Å². The Bertz CT molecular complexity index is 497. The third-order valence-electron chi connectivity index (χ3n) is 2.40. The monoisotopic (exact) mass is 271 g/mol. The smallest absolute Gasteiger partial charge is 0.317 e. The molecular formula is C16H17NO3. The summed E-state index contributed by atoms with van der Waals surface area (Å²) in [4.78, 5) is 21.4. The van der Waals surface area contributed by atoms with Crippen LogP contribution in [0.25, 0.3) is 0 Å². The zero-order chi connectivity index (χ0) is 14.8. The van der Waals surface area contributed by atoms with Crippen LogP contribution < -0.4 is 5.32 Å². The Hall–Kier alpha value is -2.46. The molecule has 2 aromatic rings. The van der Waals surface area contributed by atoms with E-state index in [9.17, 15) is 9.59 Å². The van der Waals surface area contributed by atoms with E-state index in [2.05, 4.69) is 5.32 Å². The molecule has 2 rings (SSSR count). The van der Waals surface area contributed by atoms with E-state index in [4.69, 9.17) is 5.11 Å². The summed E-state index contributed by atoms with van der Waals surface area (Å²) in [6.45, 7) is 0.0417. The summed E-state index contributed by atoms with van der Waals surface area (Å²) in [5.74, 6) is -0.747. The summed E-state index contributed by atoms with van der Waals surface area (Å²) in [6, 6.07) is 18.6. The van der Waals surface area contributed by atoms with Gasteiger partial charge in [0.05, 0.1) is 6.54 Å². The summed E-state index contributed by atoms with van der Waals surface area (Å²) in [7, 11) is 1.59. The van der Waals surface area contributed by atoms with Crippen LogP contribution in [0.15, 0.2) is 60.7 Å². The van der Waals surface area contributed by atoms with Gasteiger partial charge in [0.2, 0.25) is 0 Å². The Labute approximate surface area is 118 Å². The van der Waals surface area contributed by atoms with Gasteiger partial charge in [0.15, 0.2) is 5.78 Å². The lowest BCUT2D eigenvalue weighted by atomic mass is 10.0. The van der Waals surface area contributed by atoms with Crippen molar-refractivity contribution in [3.8, 4) is 0 Å². The minimum Gasteiger partial charge on any atom is -0.480 e. The summed E-state index contributed by atoms with van der Waals surface area (Å²) >= 11 is 0. The first-order chi connectivity index (χ1) is 9.65. The van der Waals surface area contributed by atoms with Crippen molar-refractivity contribution in [2.75, 3.05) is 13.6 Å². The number of rotatable bonds is 4. The molecule has 0 amide bonds. The second-order valence-electron chi connectivity index (χ2n) is 3.99. The largest absolute Gasteiger partial charge is 0.480 e. The number of hydrogen-bond donors (Lipinski definition) is 2. The fourth-order valence-electron chi connectivity index (χ4n) is 1.50. The first-order valence-corrected chi connectivity index (χ1v) is 6.16. The number of benzene rings is 2. The standard InChI is InChI=1S/C13H10O.C3H7NO2/c14-13(11-7-3-1-4-8-11)12-9-5-2-6-10-12;1-4-2-3(5)6/h1-10H;4H,2H2,1H3,(H,5,6). The van der Waals surface area contributed by atoms with Gasteiger partial charge in [-0.1, -0.05) is 60.7 Å². The van der Waals surface area contributed by atoms with Gasteiger partial charge in [-0.25, -0.2) is 0 Å². The predicted molar refractivity (Wildman–Crippen MR) is 77.9 cm³/mol. The highest BCUT2D eigenvalue weighted by molar-refractivity contribution is 6.08. The van der Waals surface area contributed by atoms with Crippen LogP contribution in [0.4, 0.5) is 0 Å². The van der Waals surface area contributed by atoms with E-state index in [-0.39, 0.29) is 12.3 Å². The number of carbonyl (C=O) groups excluding carboxylic acids is 1. The highest BCUT2D eigenvalue weighted by Gasteiger charge is 2.06. The topological polar surface area (TPSA) is 66.4 Å². The van der Waals surface area contributed by atoms with Crippen LogP contribution >= 0.6 is 0 Å². The number of ketones is 1. The Morgan fingerprint density at radius 3 is 1.55 bits per heavy atom. The van der Waals surface area contributed by atoms with Gasteiger partial charge in [-0.2, -0.15) is 0 Å². The molecule has 0 heterocycles. The number of likely N-dealkylation sites (N-methyl/N-ethyl adjacent to an activating group) is 1. The van der Waals surface area contributed by atoms with Gasteiger partial charge in [0.25, 0.3) is 0 Å². The maximum absolute atomic E-state index is 11.8. The molecule has 0 unspecified atom stereocenters. The van der Waals surface area contributed by atoms with Crippen LogP contribution in [0.3, 0.4) is 0 Å². The van der Waals surface area contributed by atoms with Crippen LogP contribution in [-0.4, -0.2) is 30.5 Å². The normalized spacial score (nSPS) is 9.25. The van der Waals surface area contributed by atoms with Gasteiger partial charge >= 0.3 is 5.97 Å². The van der Waals surface area contributed by atoms with Crippen molar-refractivity contribution in [3.63, 3.8) is 0 Å². The SMILES string of the molecule is CNCC(=O)O.O=C(c1ccccc1)c1ccccc1. The molecule has 4 nitrogen and oxygen atoms in total. The molecule has 0 spiro atoms. The Morgan fingerprint density at radius 1 is 0.900 bits per heavy atom. The van der Waals surface area contributed by atoms with Crippen LogP contribution in [0, 0.1) is 0 Å². The molecule has 0 saturated heterocycles. The number of nitrogens with one attached hydrogen (secondary N) is 1. The minimum atomic E-state index is -0.822. The van der Waals surface area contributed by atoms with E-state index in [1.165, 1.54) is 0 Å². The molecule has 0 aliphatic rings. The molecule has 0 aromatic heterocycles. The molecule has 0 bridgehead atoms. The summed E-state index contributed by atoms with van der Waals surface area (Å²) in [5.41, 5.74) is 1.47. The maximum Gasteiger partial charge on any atom is 0.317 e. The lowest BCUT2D eigenvalue weighted by Gasteiger charge is -1.99. The van der Waals surface area contributed by atoms with Gasteiger partial charge in [-0.3, -0.25) is 9.59 Å². The van der Waals surface area contributed by atoms with Crippen LogP contribution in [0.5, 0.6) is 0 Å². The molecule has 20 heavy (non-hydrogen) atoms. The lowest BCUT2D eigenvalue weighted by Crippen LogP contribution is -2.16. The van der Waals surface area contributed by atoms with E-state index < -0.39 is 5.97 Å². The number of carboxylic acids is 1. The van der Waals surface area contributed by atoms with Crippen molar-refractivity contribution in [2.45, 2.75) is 0 Å². The van der Waals surface area contributed by atoms with Gasteiger partial charge in [0.1, 0.15) is 0 Å². The average Bonchev–Trinajstić information content (AvgIpc) is 2.49. The minimum absolute atomic E-state index is 0.0417. The fourth-order valence-corrected chi connectivity index (χ4v) is 1.50. The fraction of sp³-hybridized carbons (Fsp3) is 0.125. The molecule has 2 N–H and O–H groups in total. The zero-order valence-electron chi connectivity index (χ0n) is 11.2. The van der Waals surface area contributed by atoms with Gasteiger partial charge in [-0.05, 0) is 7.05 Å². The predicted octanol–water partition coefficient (Wildman–Crippen LogP) is 2.21. The van der Waals surface area contributed by atoms with Crippen molar-refractivity contribution in [3.05, 3.63) is 71.8 Å². The Kier molecular flexibility index (Phi) is 6.71. The summed E-state index contributed by atoms with van der Waals surface area (Å²) < 4.78 is 0. The van der Waals surface area contributed by atoms with Gasteiger partial charge in [0, 0.05) is 11.1 Å². The lowest BCUT2D eigenvalue weighted by molar-refractivity contribution is -0.135. The van der Waals surface area contributed by atoms with Crippen LogP contribution in [-0.2, 0) is 4.79 Å². The second kappa shape index (κ2) is 8.61. The average molecular weight is 271 g/mol. The van der Waals surface area contributed by atoms with Crippen molar-refractivity contribution >= 4 is 11.8 Å². The van der Waals surface area contributed by atoms with E-state index in [0.717, 1.165) is 11.1 Å². The molecule has 104 valence electrons. The molecule has 0 aliphatic heterocycles. The van der Waals surface area contributed by atoms with E-state index in [1.807, 2.05) is 60.7 Å². The molecular weight excluding hydrogens is 254 g/mol. The number of carboxylic acid groups (broad SMARTS) is 1. The molecule has 0 saturated carbocycles. The van der Waals surface area contributed by atoms with Crippen molar-refractivity contribution in [1.82, 2.24) is 5.32 Å². The molecule has 2 aromatic carbocycles. The molecule has 0 atom stereocenters. The Morgan fingerprint density at radius 2 is 1.30 bits per heavy atom. The van der Waals surface area contributed by atoms with Gasteiger partial charge in [-0.15, -0.1) is 0 Å². The zero-order valence-corrected chi connectivity index (χ0v) is 11.2. The third-order valence-corrected chi connectivity index (χ3v) is 2.40. The molecule has 4 heteroatoms. The van der Waals surface area contributed by atoms with Crippen molar-refractivity contribution in [1.29, 1.82) is 0 Å². The summed E-state index contributed by atoms with van der Waals surface area (Å²) in [5, 5.41) is 10.3. The van der Waals surface area contributed by atoms with Crippen LogP contribution in [0.1, 0.15) is 15.9 Å². The second-order valence-corrected chi connectivity index (χ2v) is 3.99. The first-order valence-electron chi connectivity index (χ1n) is 6.16.